The first-order chi connectivity index (χ1) is 12.4. The molecule has 7 nitrogen and oxygen atoms in total. The van der Waals surface area contributed by atoms with E-state index >= 15 is 0 Å². The van der Waals surface area contributed by atoms with Crippen molar-refractivity contribution in [3.05, 3.63) is 23.3 Å². The Morgan fingerprint density at radius 2 is 2.04 bits per heavy atom. The molecule has 1 aliphatic carbocycles. The summed E-state index contributed by atoms with van der Waals surface area (Å²) in [7, 11) is -2.88. The molecule has 0 atom stereocenters. The number of nitrogens with one attached hydrogen (secondary N) is 1. The molecule has 8 heteroatoms. The molecule has 2 N–H and O–H groups in total. The zero-order chi connectivity index (χ0) is 18.3. The summed E-state index contributed by atoms with van der Waals surface area (Å²) in [6, 6.07) is 0. The number of aromatic amines is 1. The lowest BCUT2D eigenvalue weighted by atomic mass is 9.79. The maximum absolute atomic E-state index is 11.3. The summed E-state index contributed by atoms with van der Waals surface area (Å²) in [5.74, 6) is 2.42. The van der Waals surface area contributed by atoms with Crippen LogP contribution in [0.25, 0.3) is 17.1 Å². The van der Waals surface area contributed by atoms with Gasteiger partial charge < -0.3 is 10.1 Å². The fourth-order valence-electron chi connectivity index (χ4n) is 3.98. The smallest absolute Gasteiger partial charge is 0.161 e. The molecule has 1 aliphatic heterocycles. The van der Waals surface area contributed by atoms with Gasteiger partial charge in [0.25, 0.3) is 0 Å². The van der Waals surface area contributed by atoms with E-state index in [1.807, 2.05) is 0 Å². The van der Waals surface area contributed by atoms with Gasteiger partial charge in [-0.25, -0.2) is 23.7 Å². The Bertz CT molecular complexity index is 956. The van der Waals surface area contributed by atoms with Crippen LogP contribution in [0.3, 0.4) is 0 Å². The molecule has 1 saturated carbocycles. The monoisotopic (exact) mass is 375 g/mol. The van der Waals surface area contributed by atoms with Gasteiger partial charge in [0.2, 0.25) is 0 Å². The molecular formula is C18H23N4O3S. The average Bonchev–Trinajstić information content (AvgIpc) is 3.23. The summed E-state index contributed by atoms with van der Waals surface area (Å²) in [5, 5.41) is 14.0. The zero-order valence-electron chi connectivity index (χ0n) is 14.8. The molecule has 0 bridgehead atoms. The number of aromatic nitrogens is 3. The van der Waals surface area contributed by atoms with Gasteiger partial charge in [-0.1, -0.05) is 0 Å². The van der Waals surface area contributed by atoms with Crippen LogP contribution in [-0.2, 0) is 16.4 Å². The number of aliphatic hydroxyl groups excluding tert-OH is 1. The lowest BCUT2D eigenvalue weighted by molar-refractivity contribution is 0.273. The van der Waals surface area contributed by atoms with Crippen LogP contribution in [0, 0.1) is 11.8 Å². The third-order valence-electron chi connectivity index (χ3n) is 5.44. The van der Waals surface area contributed by atoms with Crippen molar-refractivity contribution in [2.45, 2.75) is 38.7 Å². The van der Waals surface area contributed by atoms with E-state index in [2.05, 4.69) is 21.0 Å². The number of hydrogen-bond acceptors (Lipinski definition) is 5. The number of hydrogen-bond donors (Lipinski definition) is 2. The normalized spacial score (nSPS) is 22.9. The fraction of sp³-hybridized carbons (Fsp3) is 0.556. The second-order valence-corrected chi connectivity index (χ2v) is 9.67. The second-order valence-electron chi connectivity index (χ2n) is 7.41. The Morgan fingerprint density at radius 3 is 2.73 bits per heavy atom. The molecule has 26 heavy (non-hydrogen) atoms. The number of pyridine rings is 1. The minimum Gasteiger partial charge on any atom is -0.388 e. The summed E-state index contributed by atoms with van der Waals surface area (Å²) in [4.78, 5) is 11.9. The number of allylic oxidation sites excluding steroid dienone is 1. The summed E-state index contributed by atoms with van der Waals surface area (Å²) < 4.78 is 22.7. The van der Waals surface area contributed by atoms with E-state index in [0.29, 0.717) is 23.5 Å². The summed E-state index contributed by atoms with van der Waals surface area (Å²) >= 11 is 0. The lowest BCUT2D eigenvalue weighted by Gasteiger charge is -2.28. The Balaban J connectivity index is 1.45. The molecular weight excluding hydrogens is 352 g/mol. The lowest BCUT2D eigenvalue weighted by Crippen LogP contribution is -2.20. The predicted molar refractivity (Wildman–Crippen MR) is 99.4 cm³/mol. The first-order valence-electron chi connectivity index (χ1n) is 9.02. The number of nitrogens with zero attached hydrogens (tertiary/aromatic N) is 3. The third kappa shape index (κ3) is 3.48. The van der Waals surface area contributed by atoms with Crippen molar-refractivity contribution in [3.63, 3.8) is 0 Å². The van der Waals surface area contributed by atoms with Gasteiger partial charge in [0, 0.05) is 23.4 Å². The van der Waals surface area contributed by atoms with Crippen LogP contribution in [-0.4, -0.2) is 40.5 Å². The molecule has 2 aromatic heterocycles. The molecule has 0 amide bonds. The van der Waals surface area contributed by atoms with Gasteiger partial charge in [-0.15, -0.1) is 0 Å². The first kappa shape index (κ1) is 17.5. The van der Waals surface area contributed by atoms with E-state index in [0.717, 1.165) is 54.4 Å². The highest BCUT2D eigenvalue weighted by Gasteiger charge is 2.29. The van der Waals surface area contributed by atoms with Gasteiger partial charge in [-0.05, 0) is 44.1 Å². The van der Waals surface area contributed by atoms with Crippen LogP contribution >= 0.6 is 0 Å². The minimum absolute atomic E-state index is 0.130. The van der Waals surface area contributed by atoms with Crippen molar-refractivity contribution in [2.75, 3.05) is 12.0 Å². The first-order valence-corrected chi connectivity index (χ1v) is 11.1. The molecule has 0 aromatic carbocycles. The Hall–Kier alpha value is -1.93. The molecule has 1 radical (unpaired) electrons. The maximum atomic E-state index is 11.3. The molecule has 0 unspecified atom stereocenters. The quantitative estimate of drug-likeness (QED) is 0.833. The third-order valence-corrected chi connectivity index (χ3v) is 6.42. The van der Waals surface area contributed by atoms with E-state index in [-0.39, 0.29) is 12.4 Å². The number of sulfone groups is 1. The van der Waals surface area contributed by atoms with Crippen molar-refractivity contribution in [1.29, 1.82) is 0 Å². The molecule has 3 heterocycles. The van der Waals surface area contributed by atoms with Crippen molar-refractivity contribution >= 4 is 32.8 Å². The predicted octanol–water partition coefficient (Wildman–Crippen LogP) is 2.28. The van der Waals surface area contributed by atoms with Crippen LogP contribution in [0.1, 0.15) is 43.5 Å². The zero-order valence-corrected chi connectivity index (χ0v) is 15.6. The highest BCUT2D eigenvalue weighted by atomic mass is 32.2. The topological polar surface area (TPSA) is 110 Å². The van der Waals surface area contributed by atoms with Crippen LogP contribution in [0.15, 0.2) is 11.9 Å². The van der Waals surface area contributed by atoms with Gasteiger partial charge in [0.1, 0.15) is 27.8 Å². The molecule has 2 aliphatic rings. The number of H-pyrrole nitrogens is 1. The van der Waals surface area contributed by atoms with Gasteiger partial charge in [0.05, 0.1) is 17.5 Å². The van der Waals surface area contributed by atoms with E-state index in [9.17, 15) is 13.5 Å². The summed E-state index contributed by atoms with van der Waals surface area (Å²) in [6.45, 7) is -0.130. The van der Waals surface area contributed by atoms with Crippen molar-refractivity contribution in [2.24, 2.45) is 11.8 Å². The van der Waals surface area contributed by atoms with E-state index < -0.39 is 9.84 Å². The van der Waals surface area contributed by atoms with E-state index in [1.165, 1.54) is 6.26 Å². The van der Waals surface area contributed by atoms with Gasteiger partial charge >= 0.3 is 0 Å². The Kier molecular flexibility index (Phi) is 4.48. The Morgan fingerprint density at radius 1 is 1.27 bits per heavy atom. The molecule has 2 aromatic rings. The number of aliphatic hydroxyl groups is 1. The van der Waals surface area contributed by atoms with Crippen molar-refractivity contribution in [3.8, 4) is 0 Å². The highest BCUT2D eigenvalue weighted by molar-refractivity contribution is 7.90. The highest BCUT2D eigenvalue weighted by Crippen LogP contribution is 2.40. The van der Waals surface area contributed by atoms with Crippen molar-refractivity contribution < 1.29 is 13.5 Å². The Labute approximate surface area is 152 Å². The largest absolute Gasteiger partial charge is 0.388 e. The summed E-state index contributed by atoms with van der Waals surface area (Å²) in [5.41, 5.74) is 3.62. The second kappa shape index (κ2) is 6.66. The van der Waals surface area contributed by atoms with Crippen molar-refractivity contribution in [1.82, 2.24) is 20.3 Å². The van der Waals surface area contributed by atoms with Crippen LogP contribution in [0.4, 0.5) is 5.82 Å². The van der Waals surface area contributed by atoms with Gasteiger partial charge in [-0.3, -0.25) is 0 Å². The molecule has 1 fully saturated rings. The number of rotatable bonds is 5. The molecule has 4 rings (SSSR count). The van der Waals surface area contributed by atoms with Crippen LogP contribution < -0.4 is 5.32 Å². The number of fused-ring (bicyclic) bond motifs is 3. The average molecular weight is 375 g/mol. The van der Waals surface area contributed by atoms with Crippen LogP contribution in [0.5, 0.6) is 0 Å². The summed E-state index contributed by atoms with van der Waals surface area (Å²) in [6.07, 6.45) is 10.0. The standard InChI is InChI=1S/C18H23N4O3S/c1-26(24,25)7-6-11-2-4-12(5-3-11)14-8-13-17-15(9-19-18(13)21-14)20-16(10-23)22-17/h8-9,11-12,23H,2-7,10H2,1H3,(H,20,22)/t11-,12-. The molecule has 139 valence electrons. The minimum atomic E-state index is -2.88. The molecule has 0 spiro atoms. The van der Waals surface area contributed by atoms with E-state index in [4.69, 9.17) is 5.32 Å². The van der Waals surface area contributed by atoms with Crippen LogP contribution in [0.2, 0.25) is 0 Å². The fourth-order valence-corrected chi connectivity index (χ4v) is 4.74. The number of imidazole rings is 1. The van der Waals surface area contributed by atoms with Gasteiger partial charge in [-0.2, -0.15) is 0 Å². The molecule has 0 saturated heterocycles. The van der Waals surface area contributed by atoms with Gasteiger partial charge in [0.15, 0.2) is 5.82 Å². The maximum Gasteiger partial charge on any atom is 0.161 e. The SMILES string of the molecule is CS(=O)(=O)CC[C@H]1CC[C@H](C2=Cc3c(ncc4nc(CO)[nH]c34)[N]2)CC1. The van der Waals surface area contributed by atoms with E-state index in [1.54, 1.807) is 6.20 Å².